The second-order valence-electron chi connectivity index (χ2n) is 4.39. The van der Waals surface area contributed by atoms with E-state index in [0.29, 0.717) is 0 Å². The first-order chi connectivity index (χ1) is 8.40. The number of para-hydroxylation sites is 1. The Morgan fingerprint density at radius 3 is 2.65 bits per heavy atom. The van der Waals surface area contributed by atoms with E-state index in [1.807, 2.05) is 17.8 Å². The lowest BCUT2D eigenvalue weighted by atomic mass is 9.98. The number of aryl methyl sites for hydroxylation is 1. The van der Waals surface area contributed by atoms with Crippen LogP contribution in [-0.4, -0.2) is 16.0 Å². The molecule has 0 amide bonds. The standard InChI is InChI=1S/C14H16N2S/c1-17-14-12-9-5-6-10-13(12)15-16(14)11-7-3-2-4-8-11/h2-4,7-8H,5-6,9-10H2,1H3. The van der Waals surface area contributed by atoms with Gasteiger partial charge in [-0.1, -0.05) is 18.2 Å². The van der Waals surface area contributed by atoms with Gasteiger partial charge in [0.25, 0.3) is 0 Å². The quantitative estimate of drug-likeness (QED) is 0.753. The summed E-state index contributed by atoms with van der Waals surface area (Å²) >= 11 is 1.81. The molecule has 0 aliphatic heterocycles. The third kappa shape index (κ3) is 1.89. The van der Waals surface area contributed by atoms with Crippen LogP contribution in [0.1, 0.15) is 24.1 Å². The summed E-state index contributed by atoms with van der Waals surface area (Å²) in [4.78, 5) is 0. The van der Waals surface area contributed by atoms with Crippen molar-refractivity contribution in [2.75, 3.05) is 6.26 Å². The zero-order chi connectivity index (χ0) is 11.7. The minimum absolute atomic E-state index is 1.14. The summed E-state index contributed by atoms with van der Waals surface area (Å²) in [5, 5.41) is 6.11. The summed E-state index contributed by atoms with van der Waals surface area (Å²) in [5.41, 5.74) is 3.96. The molecule has 0 bridgehead atoms. The highest BCUT2D eigenvalue weighted by molar-refractivity contribution is 7.98. The van der Waals surface area contributed by atoms with E-state index < -0.39 is 0 Å². The lowest BCUT2D eigenvalue weighted by Gasteiger charge is -2.10. The number of nitrogens with zero attached hydrogens (tertiary/aromatic N) is 2. The van der Waals surface area contributed by atoms with E-state index in [2.05, 4.69) is 35.2 Å². The predicted molar refractivity (Wildman–Crippen MR) is 72.0 cm³/mol. The van der Waals surface area contributed by atoms with Crippen molar-refractivity contribution < 1.29 is 0 Å². The average molecular weight is 244 g/mol. The van der Waals surface area contributed by atoms with Crippen LogP contribution in [0.5, 0.6) is 0 Å². The van der Waals surface area contributed by atoms with Crippen molar-refractivity contribution >= 4 is 11.8 Å². The Balaban J connectivity index is 2.14. The van der Waals surface area contributed by atoms with E-state index in [0.717, 1.165) is 6.42 Å². The van der Waals surface area contributed by atoms with Gasteiger partial charge in [0.05, 0.1) is 11.4 Å². The maximum atomic E-state index is 4.79. The number of thioether (sulfide) groups is 1. The second-order valence-corrected chi connectivity index (χ2v) is 5.18. The fourth-order valence-corrected chi connectivity index (χ4v) is 3.26. The first-order valence-corrected chi connectivity index (χ1v) is 7.33. The van der Waals surface area contributed by atoms with Gasteiger partial charge < -0.3 is 0 Å². The van der Waals surface area contributed by atoms with E-state index in [1.165, 1.54) is 41.2 Å². The topological polar surface area (TPSA) is 17.8 Å². The van der Waals surface area contributed by atoms with Crippen LogP contribution in [0, 0.1) is 0 Å². The molecule has 0 fully saturated rings. The highest BCUT2D eigenvalue weighted by Gasteiger charge is 2.20. The molecule has 3 heteroatoms. The van der Waals surface area contributed by atoms with Crippen LogP contribution in [0.15, 0.2) is 35.4 Å². The van der Waals surface area contributed by atoms with Gasteiger partial charge in [-0.3, -0.25) is 0 Å². The molecule has 3 rings (SSSR count). The van der Waals surface area contributed by atoms with E-state index in [-0.39, 0.29) is 0 Å². The maximum absolute atomic E-state index is 4.79. The molecule has 0 saturated heterocycles. The fraction of sp³-hybridized carbons (Fsp3) is 0.357. The van der Waals surface area contributed by atoms with Crippen LogP contribution >= 0.6 is 11.8 Å². The first kappa shape index (κ1) is 10.9. The molecule has 88 valence electrons. The summed E-state index contributed by atoms with van der Waals surface area (Å²) in [6, 6.07) is 10.4. The van der Waals surface area contributed by atoms with Gasteiger partial charge in [0.1, 0.15) is 5.03 Å². The summed E-state index contributed by atoms with van der Waals surface area (Å²) in [6.45, 7) is 0. The molecule has 2 nitrogen and oxygen atoms in total. The molecule has 0 spiro atoms. The molecule has 1 heterocycles. The Bertz CT molecular complexity index is 517. The maximum Gasteiger partial charge on any atom is 0.103 e. The molecule has 1 aromatic carbocycles. The lowest BCUT2D eigenvalue weighted by molar-refractivity contribution is 0.670. The Morgan fingerprint density at radius 1 is 1.12 bits per heavy atom. The molecule has 1 aliphatic rings. The zero-order valence-electron chi connectivity index (χ0n) is 10.0. The third-order valence-electron chi connectivity index (χ3n) is 3.30. The zero-order valence-corrected chi connectivity index (χ0v) is 10.8. The van der Waals surface area contributed by atoms with Crippen LogP contribution in [0.2, 0.25) is 0 Å². The normalized spacial score (nSPS) is 14.6. The number of aromatic nitrogens is 2. The molecule has 2 aromatic rings. The minimum atomic E-state index is 1.14. The Kier molecular flexibility index (Phi) is 2.93. The van der Waals surface area contributed by atoms with Gasteiger partial charge in [0.2, 0.25) is 0 Å². The van der Waals surface area contributed by atoms with Gasteiger partial charge in [-0.15, -0.1) is 11.8 Å². The minimum Gasteiger partial charge on any atom is -0.227 e. The summed E-state index contributed by atoms with van der Waals surface area (Å²) in [6.07, 6.45) is 7.07. The molecule has 0 saturated carbocycles. The van der Waals surface area contributed by atoms with Crippen LogP contribution in [0.4, 0.5) is 0 Å². The van der Waals surface area contributed by atoms with Crippen LogP contribution in [0.25, 0.3) is 5.69 Å². The van der Waals surface area contributed by atoms with Gasteiger partial charge in [0, 0.05) is 5.56 Å². The molecule has 1 aliphatic carbocycles. The molecular weight excluding hydrogens is 228 g/mol. The summed E-state index contributed by atoms with van der Waals surface area (Å²) in [7, 11) is 0. The van der Waals surface area contributed by atoms with Gasteiger partial charge >= 0.3 is 0 Å². The predicted octanol–water partition coefficient (Wildman–Crippen LogP) is 3.47. The molecule has 1 aromatic heterocycles. The Labute approximate surface area is 106 Å². The molecule has 0 N–H and O–H groups in total. The fourth-order valence-electron chi connectivity index (χ4n) is 2.48. The smallest absolute Gasteiger partial charge is 0.103 e. The van der Waals surface area contributed by atoms with Crippen molar-refractivity contribution in [1.82, 2.24) is 9.78 Å². The van der Waals surface area contributed by atoms with E-state index in [9.17, 15) is 0 Å². The monoisotopic (exact) mass is 244 g/mol. The van der Waals surface area contributed by atoms with Gasteiger partial charge in [-0.05, 0) is 44.1 Å². The number of fused-ring (bicyclic) bond motifs is 1. The van der Waals surface area contributed by atoms with E-state index in [4.69, 9.17) is 5.10 Å². The van der Waals surface area contributed by atoms with Gasteiger partial charge in [-0.2, -0.15) is 5.10 Å². The molecular formula is C14H16N2S. The van der Waals surface area contributed by atoms with Crippen molar-refractivity contribution in [2.45, 2.75) is 30.7 Å². The number of rotatable bonds is 2. The highest BCUT2D eigenvalue weighted by Crippen LogP contribution is 2.31. The average Bonchev–Trinajstić information content (AvgIpc) is 2.78. The van der Waals surface area contributed by atoms with E-state index in [1.54, 1.807) is 0 Å². The number of hydrogen-bond donors (Lipinski definition) is 0. The molecule has 17 heavy (non-hydrogen) atoms. The SMILES string of the molecule is CSc1c2c(nn1-c1ccccc1)CCCC2. The Hall–Kier alpha value is -1.22. The second kappa shape index (κ2) is 4.57. The number of hydrogen-bond acceptors (Lipinski definition) is 2. The van der Waals surface area contributed by atoms with Crippen molar-refractivity contribution in [2.24, 2.45) is 0 Å². The van der Waals surface area contributed by atoms with E-state index >= 15 is 0 Å². The third-order valence-corrected chi connectivity index (χ3v) is 4.11. The van der Waals surface area contributed by atoms with Crippen molar-refractivity contribution in [3.8, 4) is 5.69 Å². The Morgan fingerprint density at radius 2 is 1.88 bits per heavy atom. The molecule has 0 unspecified atom stereocenters. The van der Waals surface area contributed by atoms with Gasteiger partial charge in [0.15, 0.2) is 0 Å². The van der Waals surface area contributed by atoms with Crippen molar-refractivity contribution in [3.05, 3.63) is 41.6 Å². The lowest BCUT2D eigenvalue weighted by Crippen LogP contribution is -2.00. The molecule has 0 radical (unpaired) electrons. The van der Waals surface area contributed by atoms with Crippen LogP contribution in [0.3, 0.4) is 0 Å². The van der Waals surface area contributed by atoms with Crippen molar-refractivity contribution in [1.29, 1.82) is 0 Å². The van der Waals surface area contributed by atoms with Gasteiger partial charge in [-0.25, -0.2) is 4.68 Å². The van der Waals surface area contributed by atoms with Crippen LogP contribution < -0.4 is 0 Å². The largest absolute Gasteiger partial charge is 0.227 e. The van der Waals surface area contributed by atoms with Crippen molar-refractivity contribution in [3.63, 3.8) is 0 Å². The first-order valence-electron chi connectivity index (χ1n) is 6.10. The highest BCUT2D eigenvalue weighted by atomic mass is 32.2. The van der Waals surface area contributed by atoms with Crippen LogP contribution in [-0.2, 0) is 12.8 Å². The summed E-state index contributed by atoms with van der Waals surface area (Å²) in [5.74, 6) is 0. The summed E-state index contributed by atoms with van der Waals surface area (Å²) < 4.78 is 2.11. The molecule has 0 atom stereocenters. The number of benzene rings is 1.